The quantitative estimate of drug-likeness (QED) is 0.699. The smallest absolute Gasteiger partial charge is 0.230 e. The Kier molecular flexibility index (Phi) is 7.09. The summed E-state index contributed by atoms with van der Waals surface area (Å²) in [5.74, 6) is 2.19. The molecule has 1 aliphatic heterocycles. The fourth-order valence-electron chi connectivity index (χ4n) is 3.96. The van der Waals surface area contributed by atoms with Crippen molar-refractivity contribution in [2.24, 2.45) is 5.92 Å². The molecule has 28 heavy (non-hydrogen) atoms. The lowest BCUT2D eigenvalue weighted by Crippen LogP contribution is -2.42. The minimum Gasteiger partial charge on any atom is -0.496 e. The van der Waals surface area contributed by atoms with Crippen LogP contribution < -0.4 is 4.74 Å². The molecule has 0 N–H and O–H groups in total. The van der Waals surface area contributed by atoms with Crippen LogP contribution in [0.1, 0.15) is 29.9 Å². The largest absolute Gasteiger partial charge is 0.496 e. The lowest BCUT2D eigenvalue weighted by molar-refractivity contribution is -0.130. The van der Waals surface area contributed by atoms with Crippen LogP contribution in [0.25, 0.3) is 0 Å². The molecule has 1 saturated heterocycles. The molecule has 2 heterocycles. The lowest BCUT2D eigenvalue weighted by Gasteiger charge is -2.34. The Morgan fingerprint density at radius 1 is 1.39 bits per heavy atom. The van der Waals surface area contributed by atoms with E-state index in [1.807, 2.05) is 37.1 Å². The summed E-state index contributed by atoms with van der Waals surface area (Å²) in [5.41, 5.74) is 2.06. The van der Waals surface area contributed by atoms with Crippen LogP contribution in [0.2, 0.25) is 0 Å². The molecule has 6 nitrogen and oxygen atoms in total. The van der Waals surface area contributed by atoms with E-state index >= 15 is 0 Å². The average Bonchev–Trinajstić information content (AvgIpc) is 3.11. The number of aromatic nitrogens is 1. The highest BCUT2D eigenvalue weighted by molar-refractivity contribution is 5.77. The molecule has 1 atom stereocenters. The molecule has 1 aromatic carbocycles. The number of methoxy groups -OCH3 is 1. The molecule has 0 aliphatic carbocycles. The molecular weight excluding hydrogens is 354 g/mol. The first-order chi connectivity index (χ1) is 13.5. The number of aryl methyl sites for hydroxylation is 1. The summed E-state index contributed by atoms with van der Waals surface area (Å²) in [4.78, 5) is 16.8. The molecule has 0 spiro atoms. The molecule has 1 amide bonds. The first kappa shape index (κ1) is 20.4. The number of para-hydroxylation sites is 1. The maximum Gasteiger partial charge on any atom is 0.230 e. The number of rotatable bonds is 8. The summed E-state index contributed by atoms with van der Waals surface area (Å²) in [6.45, 7) is 5.83. The van der Waals surface area contributed by atoms with E-state index in [9.17, 15) is 4.79 Å². The van der Waals surface area contributed by atoms with E-state index in [-0.39, 0.29) is 12.3 Å². The van der Waals surface area contributed by atoms with Gasteiger partial charge in [0.1, 0.15) is 11.5 Å². The third kappa shape index (κ3) is 5.58. The molecule has 2 aromatic rings. The van der Waals surface area contributed by atoms with Crippen LogP contribution in [-0.4, -0.2) is 61.2 Å². The Balaban J connectivity index is 1.46. The van der Waals surface area contributed by atoms with Gasteiger partial charge in [-0.3, -0.25) is 4.79 Å². The third-order valence-electron chi connectivity index (χ3n) is 5.45. The Morgan fingerprint density at radius 3 is 2.96 bits per heavy atom. The van der Waals surface area contributed by atoms with Crippen molar-refractivity contribution in [3.8, 4) is 5.75 Å². The van der Waals surface area contributed by atoms with Gasteiger partial charge >= 0.3 is 0 Å². The van der Waals surface area contributed by atoms with E-state index in [0.717, 1.165) is 44.0 Å². The normalized spacial score (nSPS) is 17.5. The molecule has 0 radical (unpaired) electrons. The molecule has 0 bridgehead atoms. The van der Waals surface area contributed by atoms with Gasteiger partial charge in [0.2, 0.25) is 5.91 Å². The van der Waals surface area contributed by atoms with Crippen molar-refractivity contribution < 1.29 is 14.1 Å². The molecule has 1 aromatic heterocycles. The van der Waals surface area contributed by atoms with Gasteiger partial charge in [-0.25, -0.2) is 0 Å². The Morgan fingerprint density at radius 2 is 2.21 bits per heavy atom. The molecule has 1 fully saturated rings. The van der Waals surface area contributed by atoms with Crippen LogP contribution in [0.4, 0.5) is 0 Å². The number of likely N-dealkylation sites (N-methyl/N-ethyl adjacent to an activating group) is 1. The summed E-state index contributed by atoms with van der Waals surface area (Å²) in [7, 11) is 3.61. The van der Waals surface area contributed by atoms with E-state index in [0.29, 0.717) is 11.7 Å². The van der Waals surface area contributed by atoms with Crippen molar-refractivity contribution >= 4 is 5.91 Å². The zero-order valence-electron chi connectivity index (χ0n) is 17.2. The SMILES string of the molecule is COc1ccccc1CCN1CCC[C@@H](CN(C)C(=O)Cc2cc(C)no2)C1. The van der Waals surface area contributed by atoms with Crippen LogP contribution in [-0.2, 0) is 17.6 Å². The maximum absolute atomic E-state index is 12.5. The van der Waals surface area contributed by atoms with E-state index in [1.165, 1.54) is 18.4 Å². The summed E-state index contributed by atoms with van der Waals surface area (Å²) >= 11 is 0. The minimum atomic E-state index is 0.0855. The van der Waals surface area contributed by atoms with E-state index < -0.39 is 0 Å². The standard InChI is InChI=1S/C22H31N3O3/c1-17-13-20(28-23-17)14-22(26)24(2)15-18-7-6-11-25(16-18)12-10-19-8-4-5-9-21(19)27-3/h4-5,8-9,13,18H,6-7,10-12,14-16H2,1-3H3/t18-/m0/s1. The monoisotopic (exact) mass is 385 g/mol. The highest BCUT2D eigenvalue weighted by Crippen LogP contribution is 2.21. The fraction of sp³-hybridized carbons (Fsp3) is 0.545. The zero-order chi connectivity index (χ0) is 19.9. The van der Waals surface area contributed by atoms with Crippen molar-refractivity contribution in [2.75, 3.05) is 40.3 Å². The van der Waals surface area contributed by atoms with Gasteiger partial charge in [0.05, 0.1) is 19.2 Å². The summed E-state index contributed by atoms with van der Waals surface area (Å²) in [6.07, 6.45) is 3.61. The number of likely N-dealkylation sites (tertiary alicyclic amines) is 1. The first-order valence-electron chi connectivity index (χ1n) is 10.1. The van der Waals surface area contributed by atoms with Crippen LogP contribution >= 0.6 is 0 Å². The zero-order valence-corrected chi connectivity index (χ0v) is 17.2. The molecule has 0 unspecified atom stereocenters. The van der Waals surface area contributed by atoms with Gasteiger partial charge in [-0.2, -0.15) is 0 Å². The third-order valence-corrected chi connectivity index (χ3v) is 5.45. The van der Waals surface area contributed by atoms with Crippen molar-refractivity contribution in [1.82, 2.24) is 15.0 Å². The van der Waals surface area contributed by atoms with Gasteiger partial charge in [0, 0.05) is 32.7 Å². The number of hydrogen-bond donors (Lipinski definition) is 0. The van der Waals surface area contributed by atoms with Crippen LogP contribution in [0, 0.1) is 12.8 Å². The van der Waals surface area contributed by atoms with Gasteiger partial charge in [0.25, 0.3) is 0 Å². The number of hydrogen-bond acceptors (Lipinski definition) is 5. The predicted octanol–water partition coefficient (Wildman–Crippen LogP) is 2.95. The number of nitrogens with zero attached hydrogens (tertiary/aromatic N) is 3. The highest BCUT2D eigenvalue weighted by Gasteiger charge is 2.23. The molecule has 6 heteroatoms. The van der Waals surface area contributed by atoms with Gasteiger partial charge in [-0.05, 0) is 50.3 Å². The highest BCUT2D eigenvalue weighted by atomic mass is 16.5. The fourth-order valence-corrected chi connectivity index (χ4v) is 3.96. The predicted molar refractivity (Wildman–Crippen MR) is 108 cm³/mol. The number of benzene rings is 1. The van der Waals surface area contributed by atoms with Crippen LogP contribution in [0.15, 0.2) is 34.9 Å². The molecule has 0 saturated carbocycles. The molecule has 1 aliphatic rings. The van der Waals surface area contributed by atoms with Gasteiger partial charge in [-0.15, -0.1) is 0 Å². The second-order valence-corrected chi connectivity index (χ2v) is 7.76. The van der Waals surface area contributed by atoms with Gasteiger partial charge in [0.15, 0.2) is 0 Å². The van der Waals surface area contributed by atoms with Crippen LogP contribution in [0.5, 0.6) is 5.75 Å². The lowest BCUT2D eigenvalue weighted by atomic mass is 9.97. The van der Waals surface area contributed by atoms with E-state index in [4.69, 9.17) is 9.26 Å². The molecular formula is C22H31N3O3. The topological polar surface area (TPSA) is 58.8 Å². The van der Waals surface area contributed by atoms with Crippen LogP contribution in [0.3, 0.4) is 0 Å². The Bertz CT molecular complexity index is 774. The summed E-state index contributed by atoms with van der Waals surface area (Å²) < 4.78 is 10.6. The van der Waals surface area contributed by atoms with Gasteiger partial charge in [-0.1, -0.05) is 23.4 Å². The van der Waals surface area contributed by atoms with E-state index in [1.54, 1.807) is 7.11 Å². The van der Waals surface area contributed by atoms with Crippen molar-refractivity contribution in [3.63, 3.8) is 0 Å². The van der Waals surface area contributed by atoms with Crippen molar-refractivity contribution in [3.05, 3.63) is 47.3 Å². The minimum absolute atomic E-state index is 0.0855. The summed E-state index contributed by atoms with van der Waals surface area (Å²) in [5, 5.41) is 3.85. The van der Waals surface area contributed by atoms with E-state index in [2.05, 4.69) is 22.2 Å². The number of piperidine rings is 1. The molecule has 152 valence electrons. The number of ether oxygens (including phenoxy) is 1. The number of amides is 1. The Labute approximate surface area is 167 Å². The first-order valence-corrected chi connectivity index (χ1v) is 10.1. The van der Waals surface area contributed by atoms with Gasteiger partial charge < -0.3 is 19.1 Å². The second-order valence-electron chi connectivity index (χ2n) is 7.76. The summed E-state index contributed by atoms with van der Waals surface area (Å²) in [6, 6.07) is 10.1. The van der Waals surface area contributed by atoms with Crippen molar-refractivity contribution in [2.45, 2.75) is 32.6 Å². The maximum atomic E-state index is 12.5. The Hall–Kier alpha value is -2.34. The number of carbonyl (C=O) groups is 1. The second kappa shape index (κ2) is 9.73. The average molecular weight is 386 g/mol. The van der Waals surface area contributed by atoms with Crippen molar-refractivity contribution in [1.29, 1.82) is 0 Å². The molecule has 3 rings (SSSR count). The number of carbonyl (C=O) groups excluding carboxylic acids is 1.